The Kier molecular flexibility index (Phi) is 6.70. The SMILES string of the molecule is COC(=O)CNC(=O)C1c2c[nH]c3c(=O)n(C)cc(c23)-c2cc(CS(C)(=O)=O)ccc2N1c1ccc(F)cc1F. The summed E-state index contributed by atoms with van der Waals surface area (Å²) in [5.41, 5.74) is 1.51. The van der Waals surface area contributed by atoms with Crippen LogP contribution in [0.5, 0.6) is 0 Å². The first-order valence-electron chi connectivity index (χ1n) is 12.0. The summed E-state index contributed by atoms with van der Waals surface area (Å²) in [5, 5.41) is 2.86. The van der Waals surface area contributed by atoms with Crippen molar-refractivity contribution >= 4 is 44.0 Å². The number of rotatable bonds is 6. The molecule has 40 heavy (non-hydrogen) atoms. The van der Waals surface area contributed by atoms with Crippen LogP contribution in [0.15, 0.2) is 53.6 Å². The number of methoxy groups -OCH3 is 1. The monoisotopic (exact) mass is 570 g/mol. The smallest absolute Gasteiger partial charge is 0.325 e. The van der Waals surface area contributed by atoms with E-state index in [0.29, 0.717) is 28.1 Å². The Hall–Kier alpha value is -4.52. The Morgan fingerprint density at radius 2 is 1.82 bits per heavy atom. The number of hydrogen-bond donors (Lipinski definition) is 2. The van der Waals surface area contributed by atoms with Crippen molar-refractivity contribution in [2.24, 2.45) is 7.05 Å². The maximum absolute atomic E-state index is 15.4. The van der Waals surface area contributed by atoms with Gasteiger partial charge < -0.3 is 24.5 Å². The second-order valence-electron chi connectivity index (χ2n) is 9.54. The molecular formula is C27H24F2N4O6S. The lowest BCUT2D eigenvalue weighted by molar-refractivity contribution is -0.141. The average Bonchev–Trinajstić information content (AvgIpc) is 3.28. The lowest BCUT2D eigenvalue weighted by Crippen LogP contribution is -2.41. The maximum Gasteiger partial charge on any atom is 0.325 e. The summed E-state index contributed by atoms with van der Waals surface area (Å²) in [4.78, 5) is 42.9. The molecule has 10 nitrogen and oxygen atoms in total. The molecule has 1 unspecified atom stereocenters. The molecule has 13 heteroatoms. The highest BCUT2D eigenvalue weighted by molar-refractivity contribution is 7.89. The number of carbonyl (C=O) groups excluding carboxylic acids is 2. The number of ether oxygens (including phenoxy) is 1. The van der Waals surface area contributed by atoms with Crippen molar-refractivity contribution in [3.05, 3.63) is 81.9 Å². The van der Waals surface area contributed by atoms with Gasteiger partial charge in [-0.3, -0.25) is 14.4 Å². The minimum absolute atomic E-state index is 0.161. The standard InChI is InChI=1S/C27H24F2N4O6S/c1-32-12-18-16-8-14(13-40(3,37)38)4-6-20(16)33(21-7-5-15(28)9-19(21)29)25(26(35)31-11-22(34)39-2)17-10-30-24(23(17)18)27(32)36/h4-10,12,25,30H,11,13H2,1-3H3,(H,31,35). The Morgan fingerprint density at radius 1 is 1.10 bits per heavy atom. The fraction of sp³-hybridized carbons (Fsp3) is 0.222. The van der Waals surface area contributed by atoms with Crippen LogP contribution in [-0.4, -0.2) is 49.8 Å². The number of nitrogens with zero attached hydrogens (tertiary/aromatic N) is 2. The van der Waals surface area contributed by atoms with Crippen LogP contribution in [0.4, 0.5) is 20.2 Å². The highest BCUT2D eigenvalue weighted by Crippen LogP contribution is 2.49. The number of aromatic amines is 1. The van der Waals surface area contributed by atoms with E-state index >= 15 is 4.39 Å². The summed E-state index contributed by atoms with van der Waals surface area (Å²) >= 11 is 0. The molecule has 0 radical (unpaired) electrons. The third-order valence-electron chi connectivity index (χ3n) is 6.68. The van der Waals surface area contributed by atoms with E-state index in [1.54, 1.807) is 31.4 Å². The molecule has 3 heterocycles. The number of aryl methyl sites for hydroxylation is 1. The molecule has 0 saturated carbocycles. The molecule has 208 valence electrons. The number of nitrogens with one attached hydrogen (secondary N) is 2. The van der Waals surface area contributed by atoms with Crippen molar-refractivity contribution in [3.8, 4) is 11.1 Å². The second kappa shape index (κ2) is 9.90. The van der Waals surface area contributed by atoms with Gasteiger partial charge in [0.2, 0.25) is 5.91 Å². The van der Waals surface area contributed by atoms with E-state index in [0.717, 1.165) is 19.4 Å². The molecule has 5 rings (SSSR count). The third kappa shape index (κ3) is 4.72. The van der Waals surface area contributed by atoms with Gasteiger partial charge in [-0.15, -0.1) is 0 Å². The number of carbonyl (C=O) groups is 2. The van der Waals surface area contributed by atoms with Gasteiger partial charge in [-0.1, -0.05) is 6.07 Å². The van der Waals surface area contributed by atoms with E-state index in [9.17, 15) is 27.2 Å². The lowest BCUT2D eigenvalue weighted by atomic mass is 9.98. The van der Waals surface area contributed by atoms with Gasteiger partial charge in [0.25, 0.3) is 5.56 Å². The fourth-order valence-electron chi connectivity index (χ4n) is 5.02. The number of esters is 1. The van der Waals surface area contributed by atoms with Gasteiger partial charge in [-0.2, -0.15) is 0 Å². The van der Waals surface area contributed by atoms with Gasteiger partial charge in [0.05, 0.1) is 24.2 Å². The first kappa shape index (κ1) is 27.1. The predicted octanol–water partition coefficient (Wildman–Crippen LogP) is 2.84. The maximum atomic E-state index is 15.4. The van der Waals surface area contributed by atoms with Crippen LogP contribution < -0.4 is 15.8 Å². The molecule has 0 spiro atoms. The Labute approximate surface area is 227 Å². The van der Waals surface area contributed by atoms with Crippen LogP contribution in [0.2, 0.25) is 0 Å². The molecular weight excluding hydrogens is 546 g/mol. The van der Waals surface area contributed by atoms with E-state index < -0.39 is 51.5 Å². The molecule has 1 aliphatic heterocycles. The average molecular weight is 571 g/mol. The van der Waals surface area contributed by atoms with Gasteiger partial charge in [-0.05, 0) is 29.8 Å². The number of amides is 1. The summed E-state index contributed by atoms with van der Waals surface area (Å²) in [6, 6.07) is 6.25. The van der Waals surface area contributed by atoms with Crippen molar-refractivity contribution < 1.29 is 31.5 Å². The Balaban J connectivity index is 1.87. The predicted molar refractivity (Wildman–Crippen MR) is 144 cm³/mol. The topological polar surface area (TPSA) is 131 Å². The van der Waals surface area contributed by atoms with E-state index in [1.807, 2.05) is 0 Å². The van der Waals surface area contributed by atoms with Crippen molar-refractivity contribution in [2.45, 2.75) is 11.8 Å². The summed E-state index contributed by atoms with van der Waals surface area (Å²) in [6.45, 7) is -0.483. The minimum Gasteiger partial charge on any atom is -0.468 e. The number of sulfone groups is 1. The van der Waals surface area contributed by atoms with Crippen LogP contribution >= 0.6 is 0 Å². The number of benzene rings is 2. The zero-order valence-electron chi connectivity index (χ0n) is 21.6. The number of aromatic nitrogens is 2. The molecule has 2 aromatic heterocycles. The number of halogens is 2. The summed E-state index contributed by atoms with van der Waals surface area (Å²) < 4.78 is 59.5. The zero-order valence-corrected chi connectivity index (χ0v) is 22.4. The van der Waals surface area contributed by atoms with Crippen molar-refractivity contribution in [1.82, 2.24) is 14.9 Å². The van der Waals surface area contributed by atoms with Crippen molar-refractivity contribution in [1.29, 1.82) is 0 Å². The number of pyridine rings is 1. The van der Waals surface area contributed by atoms with Gasteiger partial charge >= 0.3 is 5.97 Å². The van der Waals surface area contributed by atoms with Gasteiger partial charge in [0, 0.05) is 53.8 Å². The van der Waals surface area contributed by atoms with E-state index in [-0.39, 0.29) is 28.2 Å². The quantitative estimate of drug-likeness (QED) is 0.341. The first-order chi connectivity index (χ1) is 18.9. The van der Waals surface area contributed by atoms with Gasteiger partial charge in [0.15, 0.2) is 9.84 Å². The number of anilines is 2. The minimum atomic E-state index is -3.43. The fourth-order valence-corrected chi connectivity index (χ4v) is 5.81. The molecule has 2 aromatic carbocycles. The van der Waals surface area contributed by atoms with Crippen LogP contribution in [0, 0.1) is 11.6 Å². The van der Waals surface area contributed by atoms with E-state index in [4.69, 9.17) is 0 Å². The van der Waals surface area contributed by atoms with Gasteiger partial charge in [-0.25, -0.2) is 17.2 Å². The first-order valence-corrected chi connectivity index (χ1v) is 14.1. The molecule has 0 saturated heterocycles. The second-order valence-corrected chi connectivity index (χ2v) is 11.7. The number of fused-ring (bicyclic) bond motifs is 2. The zero-order chi connectivity index (χ0) is 28.9. The van der Waals surface area contributed by atoms with Crippen molar-refractivity contribution in [3.63, 3.8) is 0 Å². The summed E-state index contributed by atoms with van der Waals surface area (Å²) in [5.74, 6) is -3.54. The lowest BCUT2D eigenvalue weighted by Gasteiger charge is -2.33. The van der Waals surface area contributed by atoms with Crippen LogP contribution in [-0.2, 0) is 37.0 Å². The molecule has 1 aliphatic rings. The molecule has 0 bridgehead atoms. The summed E-state index contributed by atoms with van der Waals surface area (Å²) in [7, 11) is -0.731. The van der Waals surface area contributed by atoms with E-state index in [2.05, 4.69) is 15.0 Å². The molecule has 4 aromatic rings. The highest BCUT2D eigenvalue weighted by Gasteiger charge is 2.38. The van der Waals surface area contributed by atoms with E-state index in [1.165, 1.54) is 21.7 Å². The normalized spacial score (nSPS) is 14.5. The Morgan fingerprint density at radius 3 is 2.50 bits per heavy atom. The molecule has 1 amide bonds. The van der Waals surface area contributed by atoms with Crippen LogP contribution in [0.3, 0.4) is 0 Å². The molecule has 0 fully saturated rings. The molecule has 1 atom stereocenters. The molecule has 2 N–H and O–H groups in total. The largest absolute Gasteiger partial charge is 0.468 e. The molecule has 0 aliphatic carbocycles. The van der Waals surface area contributed by atoms with Crippen LogP contribution in [0.25, 0.3) is 22.0 Å². The number of hydrogen-bond acceptors (Lipinski definition) is 7. The Bertz CT molecular complexity index is 1860. The van der Waals surface area contributed by atoms with Crippen LogP contribution in [0.1, 0.15) is 17.2 Å². The van der Waals surface area contributed by atoms with Crippen molar-refractivity contribution in [2.75, 3.05) is 24.8 Å². The summed E-state index contributed by atoms with van der Waals surface area (Å²) in [6.07, 6.45) is 4.10. The highest BCUT2D eigenvalue weighted by atomic mass is 32.2. The third-order valence-corrected chi connectivity index (χ3v) is 7.54. The number of H-pyrrole nitrogens is 1. The van der Waals surface area contributed by atoms with Gasteiger partial charge in [0.1, 0.15) is 29.7 Å².